The Bertz CT molecular complexity index is 1030. The number of hydrogen-bond donors (Lipinski definition) is 2. The number of nitrogens with one attached hydrogen (secondary N) is 2. The highest BCUT2D eigenvalue weighted by Crippen LogP contribution is 2.34. The van der Waals surface area contributed by atoms with E-state index in [1.165, 1.54) is 6.08 Å². The van der Waals surface area contributed by atoms with Crippen LogP contribution in [0.2, 0.25) is 0 Å². The third kappa shape index (κ3) is 3.91. The molecule has 6 nitrogen and oxygen atoms in total. The molecular formula is C23H17N3O3. The lowest BCUT2D eigenvalue weighted by Gasteiger charge is -2.25. The predicted molar refractivity (Wildman–Crippen MR) is 111 cm³/mol. The highest BCUT2D eigenvalue weighted by atomic mass is 16.2. The molecule has 0 saturated carbocycles. The van der Waals surface area contributed by atoms with E-state index >= 15 is 0 Å². The van der Waals surface area contributed by atoms with E-state index in [1.54, 1.807) is 0 Å². The fourth-order valence-corrected chi connectivity index (χ4v) is 3.09. The van der Waals surface area contributed by atoms with Crippen molar-refractivity contribution >= 4 is 41.0 Å². The lowest BCUT2D eigenvalue weighted by atomic mass is 10.1. The molecule has 0 spiro atoms. The molecular weight excluding hydrogens is 366 g/mol. The quantitative estimate of drug-likeness (QED) is 0.529. The highest BCUT2D eigenvalue weighted by Gasteiger charge is 2.27. The second-order valence-corrected chi connectivity index (χ2v) is 6.39. The third-order valence-corrected chi connectivity index (χ3v) is 4.43. The maximum absolute atomic E-state index is 11.9. The number of nitrogens with zero attached hydrogens (tertiary/aromatic N) is 1. The molecule has 1 aliphatic rings. The molecule has 142 valence electrons. The first kappa shape index (κ1) is 18.2. The Hall–Kier alpha value is -4.19. The molecule has 0 radical (unpaired) electrons. The molecule has 1 saturated heterocycles. The summed E-state index contributed by atoms with van der Waals surface area (Å²) in [6.45, 7) is 0. The van der Waals surface area contributed by atoms with E-state index < -0.39 is 17.8 Å². The number of amides is 4. The minimum Gasteiger partial charge on any atom is -0.311 e. The SMILES string of the molecule is O=C1NC(=O)C(=Cc2ccc(N(c3ccccc3)c3ccccc3)cc2)C(=O)N1. The number of carbonyl (C=O) groups excluding carboxylic acids is 3. The van der Waals surface area contributed by atoms with Gasteiger partial charge < -0.3 is 4.90 Å². The topological polar surface area (TPSA) is 78.5 Å². The molecule has 1 fully saturated rings. The van der Waals surface area contributed by atoms with Crippen molar-refractivity contribution < 1.29 is 14.4 Å². The fourth-order valence-electron chi connectivity index (χ4n) is 3.09. The molecule has 6 heteroatoms. The number of barbiturate groups is 1. The van der Waals surface area contributed by atoms with Gasteiger partial charge in [0.05, 0.1) is 0 Å². The zero-order chi connectivity index (χ0) is 20.2. The smallest absolute Gasteiger partial charge is 0.311 e. The molecule has 0 bridgehead atoms. The van der Waals surface area contributed by atoms with E-state index in [9.17, 15) is 14.4 Å². The molecule has 0 aliphatic carbocycles. The summed E-state index contributed by atoms with van der Waals surface area (Å²) in [5.74, 6) is -1.42. The number of benzene rings is 3. The van der Waals surface area contributed by atoms with E-state index in [0.29, 0.717) is 5.56 Å². The van der Waals surface area contributed by atoms with Crippen LogP contribution >= 0.6 is 0 Å². The highest BCUT2D eigenvalue weighted by molar-refractivity contribution is 6.31. The molecule has 2 N–H and O–H groups in total. The van der Waals surface area contributed by atoms with Crippen molar-refractivity contribution in [3.05, 3.63) is 96.1 Å². The number of urea groups is 1. The van der Waals surface area contributed by atoms with Gasteiger partial charge in [0.2, 0.25) is 0 Å². The Morgan fingerprint density at radius 3 is 1.52 bits per heavy atom. The van der Waals surface area contributed by atoms with Gasteiger partial charge >= 0.3 is 6.03 Å². The standard InChI is InChI=1S/C23H17N3O3/c27-21-20(22(28)25-23(29)24-21)15-16-11-13-19(14-12-16)26(17-7-3-1-4-8-17)18-9-5-2-6-10-18/h1-15H,(H2,24,25,27,28,29). The summed E-state index contributed by atoms with van der Waals surface area (Å²) in [5, 5.41) is 4.13. The van der Waals surface area contributed by atoms with Crippen LogP contribution in [0.15, 0.2) is 90.5 Å². The Kier molecular flexibility index (Phi) is 4.90. The maximum atomic E-state index is 11.9. The van der Waals surface area contributed by atoms with Gasteiger partial charge in [0.25, 0.3) is 11.8 Å². The lowest BCUT2D eigenvalue weighted by Crippen LogP contribution is -2.51. The van der Waals surface area contributed by atoms with Crippen LogP contribution in [0, 0.1) is 0 Å². The van der Waals surface area contributed by atoms with Crippen molar-refractivity contribution in [3.8, 4) is 0 Å². The minimum absolute atomic E-state index is 0.111. The van der Waals surface area contributed by atoms with Crippen LogP contribution in [0.3, 0.4) is 0 Å². The molecule has 3 aromatic rings. The van der Waals surface area contributed by atoms with Crippen LogP contribution in [0.5, 0.6) is 0 Å². The van der Waals surface area contributed by atoms with Gasteiger partial charge in [-0.25, -0.2) is 4.79 Å². The largest absolute Gasteiger partial charge is 0.328 e. The molecule has 1 heterocycles. The second-order valence-electron chi connectivity index (χ2n) is 6.39. The van der Waals surface area contributed by atoms with Gasteiger partial charge in [0, 0.05) is 17.1 Å². The first-order chi connectivity index (χ1) is 14.1. The van der Waals surface area contributed by atoms with Crippen molar-refractivity contribution in [1.29, 1.82) is 0 Å². The molecule has 0 aromatic heterocycles. The van der Waals surface area contributed by atoms with Gasteiger partial charge in [-0.3, -0.25) is 20.2 Å². The van der Waals surface area contributed by atoms with Crippen LogP contribution in [-0.2, 0) is 9.59 Å². The van der Waals surface area contributed by atoms with Gasteiger partial charge in [0.1, 0.15) is 5.57 Å². The van der Waals surface area contributed by atoms with Crippen LogP contribution in [0.1, 0.15) is 5.56 Å². The second kappa shape index (κ2) is 7.82. The summed E-state index contributed by atoms with van der Waals surface area (Å²) in [5.41, 5.74) is 3.51. The number of imide groups is 2. The van der Waals surface area contributed by atoms with Gasteiger partial charge in [-0.1, -0.05) is 48.5 Å². The number of para-hydroxylation sites is 2. The fraction of sp³-hybridized carbons (Fsp3) is 0. The van der Waals surface area contributed by atoms with Crippen molar-refractivity contribution in [3.63, 3.8) is 0 Å². The van der Waals surface area contributed by atoms with Gasteiger partial charge in [-0.2, -0.15) is 0 Å². The molecule has 4 rings (SSSR count). The van der Waals surface area contributed by atoms with E-state index in [0.717, 1.165) is 17.1 Å². The summed E-state index contributed by atoms with van der Waals surface area (Å²) in [6.07, 6.45) is 1.45. The number of carbonyl (C=O) groups is 3. The van der Waals surface area contributed by atoms with E-state index in [2.05, 4.69) is 15.5 Å². The van der Waals surface area contributed by atoms with Crippen LogP contribution in [0.4, 0.5) is 21.9 Å². The average molecular weight is 383 g/mol. The summed E-state index contributed by atoms with van der Waals surface area (Å²) < 4.78 is 0. The summed E-state index contributed by atoms with van der Waals surface area (Å²) >= 11 is 0. The Morgan fingerprint density at radius 1 is 0.586 bits per heavy atom. The van der Waals surface area contributed by atoms with Crippen molar-refractivity contribution in [2.75, 3.05) is 4.90 Å². The van der Waals surface area contributed by atoms with Crippen LogP contribution in [0.25, 0.3) is 6.08 Å². The predicted octanol–water partition coefficient (Wildman–Crippen LogP) is 3.91. The molecule has 3 aromatic carbocycles. The molecule has 0 unspecified atom stereocenters. The zero-order valence-corrected chi connectivity index (χ0v) is 15.3. The van der Waals surface area contributed by atoms with Crippen molar-refractivity contribution in [2.24, 2.45) is 0 Å². The molecule has 1 aliphatic heterocycles. The van der Waals surface area contributed by atoms with Crippen molar-refractivity contribution in [1.82, 2.24) is 10.6 Å². The summed E-state index contributed by atoms with van der Waals surface area (Å²) in [6, 6.07) is 26.6. The van der Waals surface area contributed by atoms with E-state index in [-0.39, 0.29) is 5.57 Å². The monoisotopic (exact) mass is 383 g/mol. The minimum atomic E-state index is -0.811. The number of rotatable bonds is 4. The summed E-state index contributed by atoms with van der Waals surface area (Å²) in [7, 11) is 0. The molecule has 4 amide bonds. The van der Waals surface area contributed by atoms with Gasteiger partial charge in [-0.05, 0) is 48.0 Å². The number of anilines is 3. The van der Waals surface area contributed by atoms with E-state index in [4.69, 9.17) is 0 Å². The zero-order valence-electron chi connectivity index (χ0n) is 15.3. The lowest BCUT2D eigenvalue weighted by molar-refractivity contribution is -0.123. The molecule has 0 atom stereocenters. The van der Waals surface area contributed by atoms with Gasteiger partial charge in [0.15, 0.2) is 0 Å². The Labute approximate surface area is 167 Å². The summed E-state index contributed by atoms with van der Waals surface area (Å²) in [4.78, 5) is 37.1. The van der Waals surface area contributed by atoms with Gasteiger partial charge in [-0.15, -0.1) is 0 Å². The van der Waals surface area contributed by atoms with Crippen LogP contribution in [-0.4, -0.2) is 17.8 Å². The van der Waals surface area contributed by atoms with Crippen molar-refractivity contribution in [2.45, 2.75) is 0 Å². The maximum Gasteiger partial charge on any atom is 0.328 e. The third-order valence-electron chi connectivity index (χ3n) is 4.43. The average Bonchev–Trinajstić information content (AvgIpc) is 2.73. The van der Waals surface area contributed by atoms with Crippen LogP contribution < -0.4 is 15.5 Å². The first-order valence-corrected chi connectivity index (χ1v) is 9.00. The number of hydrogen-bond acceptors (Lipinski definition) is 4. The molecule has 29 heavy (non-hydrogen) atoms. The Balaban J connectivity index is 1.68. The first-order valence-electron chi connectivity index (χ1n) is 9.00. The normalized spacial score (nSPS) is 13.5. The Morgan fingerprint density at radius 2 is 1.03 bits per heavy atom. The van der Waals surface area contributed by atoms with E-state index in [1.807, 2.05) is 84.9 Å².